The first kappa shape index (κ1) is 12.2. The quantitative estimate of drug-likeness (QED) is 0.579. The summed E-state index contributed by atoms with van der Waals surface area (Å²) in [6.45, 7) is 4.29. The van der Waals surface area contributed by atoms with Gasteiger partial charge in [-0.25, -0.2) is 15.8 Å². The number of nitrogens with zero attached hydrogens (tertiary/aromatic N) is 3. The molecule has 0 bridgehead atoms. The van der Waals surface area contributed by atoms with Crippen LogP contribution in [0.1, 0.15) is 17.9 Å². The van der Waals surface area contributed by atoms with E-state index in [1.807, 2.05) is 13.0 Å². The molecule has 1 unspecified atom stereocenters. The number of aromatic nitrogens is 2. The average molecular weight is 237 g/mol. The Morgan fingerprint density at radius 2 is 2.41 bits per heavy atom. The number of rotatable bonds is 4. The Labute approximate surface area is 101 Å². The highest BCUT2D eigenvalue weighted by atomic mass is 16.5. The maximum absolute atomic E-state index is 5.37. The van der Waals surface area contributed by atoms with Crippen molar-refractivity contribution in [3.8, 4) is 0 Å². The average Bonchev–Trinajstić information content (AvgIpc) is 2.81. The Bertz CT molecular complexity index is 378. The molecule has 0 spiro atoms. The molecule has 1 aliphatic heterocycles. The van der Waals surface area contributed by atoms with Crippen LogP contribution in [-0.4, -0.2) is 41.2 Å². The second kappa shape index (κ2) is 5.39. The Kier molecular flexibility index (Phi) is 3.88. The highest BCUT2D eigenvalue weighted by Crippen LogP contribution is 2.13. The molecule has 1 aliphatic rings. The molecular weight excluding hydrogens is 218 g/mol. The van der Waals surface area contributed by atoms with E-state index in [0.717, 1.165) is 31.2 Å². The van der Waals surface area contributed by atoms with E-state index < -0.39 is 0 Å². The van der Waals surface area contributed by atoms with Crippen LogP contribution in [0.2, 0.25) is 0 Å². The summed E-state index contributed by atoms with van der Waals surface area (Å²) in [6.07, 6.45) is 1.07. The molecule has 17 heavy (non-hydrogen) atoms. The summed E-state index contributed by atoms with van der Waals surface area (Å²) in [5, 5.41) is 0. The lowest BCUT2D eigenvalue weighted by molar-refractivity contribution is 0.155. The molecule has 6 heteroatoms. The van der Waals surface area contributed by atoms with Gasteiger partial charge in [0.15, 0.2) is 0 Å². The monoisotopic (exact) mass is 237 g/mol. The second-order valence-corrected chi connectivity index (χ2v) is 4.39. The Morgan fingerprint density at radius 1 is 1.59 bits per heavy atom. The topological polar surface area (TPSA) is 76.3 Å². The van der Waals surface area contributed by atoms with Crippen LogP contribution in [0.3, 0.4) is 0 Å². The van der Waals surface area contributed by atoms with Gasteiger partial charge >= 0.3 is 0 Å². The number of likely N-dealkylation sites (N-methyl/N-ethyl adjacent to an activating group) is 1. The second-order valence-electron chi connectivity index (χ2n) is 4.39. The fourth-order valence-electron chi connectivity index (χ4n) is 2.00. The Morgan fingerprint density at radius 3 is 3.06 bits per heavy atom. The molecule has 1 atom stereocenters. The highest BCUT2D eigenvalue weighted by Gasteiger charge is 2.21. The van der Waals surface area contributed by atoms with Crippen LogP contribution in [0.15, 0.2) is 6.07 Å². The third-order valence-electron chi connectivity index (χ3n) is 2.97. The standard InChI is InChI=1S/C11H19N5O/c1-8-5-10(15-12)14-11(13-8)6-16(2)9-3-4-17-7-9/h5,9H,3-4,6-7,12H2,1-2H3,(H,13,14,15). The molecule has 1 aromatic heterocycles. The van der Waals surface area contributed by atoms with Gasteiger partial charge in [-0.1, -0.05) is 0 Å². The molecule has 0 saturated carbocycles. The minimum atomic E-state index is 0.466. The smallest absolute Gasteiger partial charge is 0.145 e. The molecule has 2 heterocycles. The van der Waals surface area contributed by atoms with Crippen molar-refractivity contribution >= 4 is 5.82 Å². The van der Waals surface area contributed by atoms with Gasteiger partial charge in [0.25, 0.3) is 0 Å². The van der Waals surface area contributed by atoms with Crippen LogP contribution in [0.4, 0.5) is 5.82 Å². The molecule has 1 fully saturated rings. The van der Waals surface area contributed by atoms with E-state index in [0.29, 0.717) is 18.4 Å². The summed E-state index contributed by atoms with van der Waals surface area (Å²) in [5.74, 6) is 6.81. The van der Waals surface area contributed by atoms with Crippen molar-refractivity contribution in [3.05, 3.63) is 17.6 Å². The number of hydrogen-bond donors (Lipinski definition) is 2. The minimum Gasteiger partial charge on any atom is -0.380 e. The third kappa shape index (κ3) is 3.12. The Hall–Kier alpha value is -1.24. The molecule has 6 nitrogen and oxygen atoms in total. The zero-order valence-corrected chi connectivity index (χ0v) is 10.3. The first-order valence-corrected chi connectivity index (χ1v) is 5.78. The van der Waals surface area contributed by atoms with Gasteiger partial charge in [0.2, 0.25) is 0 Å². The van der Waals surface area contributed by atoms with E-state index in [2.05, 4.69) is 27.3 Å². The number of aryl methyl sites for hydroxylation is 1. The lowest BCUT2D eigenvalue weighted by Gasteiger charge is -2.22. The summed E-state index contributed by atoms with van der Waals surface area (Å²) >= 11 is 0. The van der Waals surface area contributed by atoms with Crippen molar-refractivity contribution < 1.29 is 4.74 Å². The Balaban J connectivity index is 2.04. The molecule has 2 rings (SSSR count). The van der Waals surface area contributed by atoms with E-state index in [-0.39, 0.29) is 0 Å². The molecule has 0 amide bonds. The van der Waals surface area contributed by atoms with Gasteiger partial charge in [-0.3, -0.25) is 4.90 Å². The zero-order chi connectivity index (χ0) is 12.3. The number of hydrazine groups is 1. The van der Waals surface area contributed by atoms with Crippen molar-refractivity contribution in [2.24, 2.45) is 5.84 Å². The normalized spacial score (nSPS) is 19.9. The van der Waals surface area contributed by atoms with Crippen molar-refractivity contribution in [1.82, 2.24) is 14.9 Å². The number of nitrogens with one attached hydrogen (secondary N) is 1. The lowest BCUT2D eigenvalue weighted by atomic mass is 10.2. The highest BCUT2D eigenvalue weighted by molar-refractivity contribution is 5.33. The van der Waals surface area contributed by atoms with E-state index >= 15 is 0 Å². The van der Waals surface area contributed by atoms with Gasteiger partial charge in [0.05, 0.1) is 13.2 Å². The fourth-order valence-corrected chi connectivity index (χ4v) is 2.00. The molecule has 1 saturated heterocycles. The van der Waals surface area contributed by atoms with Gasteiger partial charge in [0.1, 0.15) is 11.6 Å². The lowest BCUT2D eigenvalue weighted by Crippen LogP contribution is -2.32. The van der Waals surface area contributed by atoms with Crippen LogP contribution < -0.4 is 11.3 Å². The predicted octanol–water partition coefficient (Wildman–Crippen LogP) is 0.291. The van der Waals surface area contributed by atoms with Gasteiger partial charge in [-0.2, -0.15) is 0 Å². The van der Waals surface area contributed by atoms with E-state index in [9.17, 15) is 0 Å². The van der Waals surface area contributed by atoms with Crippen LogP contribution in [0.25, 0.3) is 0 Å². The number of nitrogen functional groups attached to an aromatic ring is 1. The number of anilines is 1. The third-order valence-corrected chi connectivity index (χ3v) is 2.97. The van der Waals surface area contributed by atoms with Gasteiger partial charge in [-0.15, -0.1) is 0 Å². The molecule has 0 aromatic carbocycles. The zero-order valence-electron chi connectivity index (χ0n) is 10.3. The molecule has 3 N–H and O–H groups in total. The molecule has 0 radical (unpaired) electrons. The van der Waals surface area contributed by atoms with Crippen LogP contribution in [0, 0.1) is 6.92 Å². The SMILES string of the molecule is Cc1cc(NN)nc(CN(C)C2CCOC2)n1. The minimum absolute atomic E-state index is 0.466. The summed E-state index contributed by atoms with van der Waals surface area (Å²) in [5.41, 5.74) is 3.47. The van der Waals surface area contributed by atoms with Crippen LogP contribution >= 0.6 is 0 Å². The van der Waals surface area contributed by atoms with Crippen molar-refractivity contribution in [1.29, 1.82) is 0 Å². The summed E-state index contributed by atoms with van der Waals surface area (Å²) < 4.78 is 5.37. The van der Waals surface area contributed by atoms with Crippen molar-refractivity contribution in [2.45, 2.75) is 25.9 Å². The van der Waals surface area contributed by atoms with Crippen molar-refractivity contribution in [3.63, 3.8) is 0 Å². The van der Waals surface area contributed by atoms with Gasteiger partial charge < -0.3 is 10.2 Å². The summed E-state index contributed by atoms with van der Waals surface area (Å²) in [7, 11) is 2.07. The maximum Gasteiger partial charge on any atom is 0.145 e. The number of ether oxygens (including phenoxy) is 1. The summed E-state index contributed by atoms with van der Waals surface area (Å²) in [4.78, 5) is 11.0. The predicted molar refractivity (Wildman–Crippen MR) is 65.3 cm³/mol. The van der Waals surface area contributed by atoms with Gasteiger partial charge in [-0.05, 0) is 20.4 Å². The summed E-state index contributed by atoms with van der Waals surface area (Å²) in [6, 6.07) is 2.29. The van der Waals surface area contributed by atoms with E-state index in [1.165, 1.54) is 0 Å². The first-order chi connectivity index (χ1) is 8.19. The maximum atomic E-state index is 5.37. The largest absolute Gasteiger partial charge is 0.380 e. The molecule has 1 aromatic rings. The van der Waals surface area contributed by atoms with Crippen LogP contribution in [-0.2, 0) is 11.3 Å². The fraction of sp³-hybridized carbons (Fsp3) is 0.636. The van der Waals surface area contributed by atoms with E-state index in [4.69, 9.17) is 10.6 Å². The number of hydrogen-bond acceptors (Lipinski definition) is 6. The van der Waals surface area contributed by atoms with Gasteiger partial charge in [0, 0.05) is 24.4 Å². The van der Waals surface area contributed by atoms with Crippen LogP contribution in [0.5, 0.6) is 0 Å². The number of nitrogens with two attached hydrogens (primary N) is 1. The van der Waals surface area contributed by atoms with Crippen molar-refractivity contribution in [2.75, 3.05) is 25.7 Å². The molecule has 0 aliphatic carbocycles. The van der Waals surface area contributed by atoms with E-state index in [1.54, 1.807) is 0 Å². The molecular formula is C11H19N5O. The molecule has 94 valence electrons. The first-order valence-electron chi connectivity index (χ1n) is 5.78.